The minimum absolute atomic E-state index is 0.121. The second-order valence-corrected chi connectivity index (χ2v) is 6.42. The van der Waals surface area contributed by atoms with Crippen molar-refractivity contribution in [3.05, 3.63) is 59.2 Å². The van der Waals surface area contributed by atoms with E-state index >= 15 is 0 Å². The molecule has 0 bridgehead atoms. The van der Waals surface area contributed by atoms with Gasteiger partial charge in [-0.1, -0.05) is 29.8 Å². The van der Waals surface area contributed by atoms with Crippen molar-refractivity contribution in [1.82, 2.24) is 0 Å². The van der Waals surface area contributed by atoms with E-state index in [4.69, 9.17) is 0 Å². The molecule has 0 unspecified atom stereocenters. The summed E-state index contributed by atoms with van der Waals surface area (Å²) in [7, 11) is -3.85. The average Bonchev–Trinajstić information content (AvgIpc) is 2.42. The first-order valence-corrected chi connectivity index (χ1v) is 7.69. The number of hydrogen-bond acceptors (Lipinski definition) is 4. The van der Waals surface area contributed by atoms with Gasteiger partial charge in [0.2, 0.25) is 0 Å². The number of rotatable bonds is 4. The molecule has 110 valence electrons. The lowest BCUT2D eigenvalue weighted by molar-refractivity contribution is -0.255. The summed E-state index contributed by atoms with van der Waals surface area (Å²) in [5.74, 6) is -1.42. The smallest absolute Gasteiger partial charge is 0.261 e. The molecule has 0 aliphatic heterocycles. The van der Waals surface area contributed by atoms with Gasteiger partial charge in [-0.05, 0) is 43.2 Å². The molecule has 0 saturated heterocycles. The second-order valence-electron chi connectivity index (χ2n) is 4.74. The molecule has 2 aromatic rings. The zero-order valence-electron chi connectivity index (χ0n) is 11.6. The van der Waals surface area contributed by atoms with Gasteiger partial charge in [0.1, 0.15) is 0 Å². The SMILES string of the molecule is Cc1ccc(NS(=O)(=O)c2cccc(C(=O)[O-])c2)c(C)c1. The summed E-state index contributed by atoms with van der Waals surface area (Å²) in [6.45, 7) is 3.71. The van der Waals surface area contributed by atoms with Crippen LogP contribution in [0.2, 0.25) is 0 Å². The fourth-order valence-electron chi connectivity index (χ4n) is 1.92. The molecule has 0 amide bonds. The van der Waals surface area contributed by atoms with Crippen molar-refractivity contribution in [3.63, 3.8) is 0 Å². The molecule has 6 heteroatoms. The van der Waals surface area contributed by atoms with Crippen molar-refractivity contribution in [3.8, 4) is 0 Å². The first-order valence-electron chi connectivity index (χ1n) is 6.21. The quantitative estimate of drug-likeness (QED) is 0.926. The van der Waals surface area contributed by atoms with Crippen LogP contribution in [0.15, 0.2) is 47.4 Å². The van der Waals surface area contributed by atoms with Crippen LogP contribution in [0.5, 0.6) is 0 Å². The largest absolute Gasteiger partial charge is 0.545 e. The van der Waals surface area contributed by atoms with E-state index in [0.29, 0.717) is 5.69 Å². The topological polar surface area (TPSA) is 86.3 Å². The highest BCUT2D eigenvalue weighted by Crippen LogP contribution is 2.21. The molecule has 0 aliphatic rings. The number of carboxylic acids is 1. The molecule has 1 N–H and O–H groups in total. The maximum atomic E-state index is 12.3. The highest BCUT2D eigenvalue weighted by atomic mass is 32.2. The molecule has 2 aromatic carbocycles. The van der Waals surface area contributed by atoms with E-state index in [1.54, 1.807) is 19.1 Å². The van der Waals surface area contributed by atoms with Gasteiger partial charge in [0.25, 0.3) is 10.0 Å². The second kappa shape index (κ2) is 5.57. The third-order valence-electron chi connectivity index (χ3n) is 3.01. The van der Waals surface area contributed by atoms with E-state index in [1.165, 1.54) is 18.2 Å². The zero-order valence-corrected chi connectivity index (χ0v) is 12.4. The van der Waals surface area contributed by atoms with Gasteiger partial charge in [-0.15, -0.1) is 0 Å². The standard InChI is InChI=1S/C15H15NO4S/c1-10-6-7-14(11(2)8-10)16-21(19,20)13-5-3-4-12(9-13)15(17)18/h3-9,16H,1-2H3,(H,17,18)/p-1. The summed E-state index contributed by atoms with van der Waals surface area (Å²) in [4.78, 5) is 10.7. The molecule has 0 fully saturated rings. The van der Waals surface area contributed by atoms with E-state index in [9.17, 15) is 18.3 Å². The Balaban J connectivity index is 2.38. The number of carbonyl (C=O) groups excluding carboxylic acids is 1. The predicted molar refractivity (Wildman–Crippen MR) is 77.5 cm³/mol. The first kappa shape index (κ1) is 15.1. The summed E-state index contributed by atoms with van der Waals surface area (Å²) >= 11 is 0. The molecule has 0 aliphatic carbocycles. The minimum atomic E-state index is -3.85. The van der Waals surface area contributed by atoms with Gasteiger partial charge in [0.15, 0.2) is 0 Å². The lowest BCUT2D eigenvalue weighted by atomic mass is 10.1. The number of nitrogens with one attached hydrogen (secondary N) is 1. The molecule has 0 heterocycles. The zero-order chi connectivity index (χ0) is 15.6. The fourth-order valence-corrected chi connectivity index (χ4v) is 3.10. The summed E-state index contributed by atoms with van der Waals surface area (Å²) < 4.78 is 27.0. The van der Waals surface area contributed by atoms with Crippen LogP contribution >= 0.6 is 0 Å². The Morgan fingerprint density at radius 3 is 2.43 bits per heavy atom. The lowest BCUT2D eigenvalue weighted by Crippen LogP contribution is -2.23. The summed E-state index contributed by atoms with van der Waals surface area (Å²) in [5.41, 5.74) is 2.09. The van der Waals surface area contributed by atoms with Crippen LogP contribution in [0, 0.1) is 13.8 Å². The van der Waals surface area contributed by atoms with E-state index in [-0.39, 0.29) is 10.5 Å². The molecular formula is C15H14NO4S-. The van der Waals surface area contributed by atoms with Crippen molar-refractivity contribution >= 4 is 21.7 Å². The molecular weight excluding hydrogens is 290 g/mol. The van der Waals surface area contributed by atoms with Crippen molar-refractivity contribution in [2.75, 3.05) is 4.72 Å². The van der Waals surface area contributed by atoms with Gasteiger partial charge < -0.3 is 9.90 Å². The van der Waals surface area contributed by atoms with Gasteiger partial charge in [0, 0.05) is 0 Å². The van der Waals surface area contributed by atoms with Crippen LogP contribution in [0.25, 0.3) is 0 Å². The molecule has 0 aromatic heterocycles. The first-order chi connectivity index (χ1) is 9.79. The Morgan fingerprint density at radius 2 is 1.81 bits per heavy atom. The highest BCUT2D eigenvalue weighted by Gasteiger charge is 2.15. The average molecular weight is 304 g/mol. The van der Waals surface area contributed by atoms with Crippen molar-refractivity contribution in [2.45, 2.75) is 18.7 Å². The van der Waals surface area contributed by atoms with E-state index in [1.807, 2.05) is 13.0 Å². The van der Waals surface area contributed by atoms with Crippen LogP contribution in [0.4, 0.5) is 5.69 Å². The number of anilines is 1. The summed E-state index contributed by atoms with van der Waals surface area (Å²) in [6, 6.07) is 10.4. The highest BCUT2D eigenvalue weighted by molar-refractivity contribution is 7.92. The van der Waals surface area contributed by atoms with Crippen molar-refractivity contribution in [2.24, 2.45) is 0 Å². The molecule has 5 nitrogen and oxygen atoms in total. The fraction of sp³-hybridized carbons (Fsp3) is 0.133. The third-order valence-corrected chi connectivity index (χ3v) is 4.37. The Morgan fingerprint density at radius 1 is 1.10 bits per heavy atom. The number of carboxylic acid groups (broad SMARTS) is 1. The maximum Gasteiger partial charge on any atom is 0.261 e. The van der Waals surface area contributed by atoms with Gasteiger partial charge in [0.05, 0.1) is 16.6 Å². The molecule has 0 radical (unpaired) electrons. The number of benzene rings is 2. The van der Waals surface area contributed by atoms with Crippen LogP contribution in [-0.2, 0) is 10.0 Å². The molecule has 21 heavy (non-hydrogen) atoms. The van der Waals surface area contributed by atoms with Crippen LogP contribution in [0.3, 0.4) is 0 Å². The van der Waals surface area contributed by atoms with Gasteiger partial charge in [-0.25, -0.2) is 8.42 Å². The maximum absolute atomic E-state index is 12.3. The van der Waals surface area contributed by atoms with Crippen molar-refractivity contribution < 1.29 is 18.3 Å². The van der Waals surface area contributed by atoms with Gasteiger partial charge >= 0.3 is 0 Å². The Labute approximate surface area is 123 Å². The molecule has 0 saturated carbocycles. The normalized spacial score (nSPS) is 11.1. The van der Waals surface area contributed by atoms with E-state index in [2.05, 4.69) is 4.72 Å². The number of hydrogen-bond donors (Lipinski definition) is 1. The Bertz CT molecular complexity index is 797. The molecule has 0 spiro atoms. The summed E-state index contributed by atoms with van der Waals surface area (Å²) in [5, 5.41) is 10.8. The molecule has 2 rings (SSSR count). The number of carbonyl (C=O) groups is 1. The molecule has 0 atom stereocenters. The third kappa shape index (κ3) is 3.41. The van der Waals surface area contributed by atoms with Gasteiger partial charge in [-0.2, -0.15) is 0 Å². The lowest BCUT2D eigenvalue weighted by Gasteiger charge is -2.12. The predicted octanol–water partition coefficient (Wildman–Crippen LogP) is 1.47. The summed E-state index contributed by atoms with van der Waals surface area (Å²) in [6.07, 6.45) is 0. The monoisotopic (exact) mass is 304 g/mol. The van der Waals surface area contributed by atoms with E-state index in [0.717, 1.165) is 17.2 Å². The number of aromatic carboxylic acids is 1. The Hall–Kier alpha value is -2.34. The Kier molecular flexibility index (Phi) is 3.99. The van der Waals surface area contributed by atoms with Crippen LogP contribution in [-0.4, -0.2) is 14.4 Å². The van der Waals surface area contributed by atoms with Gasteiger partial charge in [-0.3, -0.25) is 4.72 Å². The minimum Gasteiger partial charge on any atom is -0.545 e. The van der Waals surface area contributed by atoms with Crippen LogP contribution < -0.4 is 9.83 Å². The van der Waals surface area contributed by atoms with Crippen molar-refractivity contribution in [1.29, 1.82) is 0 Å². The number of aryl methyl sites for hydroxylation is 2. The van der Waals surface area contributed by atoms with E-state index < -0.39 is 16.0 Å². The number of sulfonamides is 1. The van der Waals surface area contributed by atoms with Crippen LogP contribution in [0.1, 0.15) is 21.5 Å².